The van der Waals surface area contributed by atoms with Gasteiger partial charge in [0.05, 0.1) is 0 Å². The van der Waals surface area contributed by atoms with Crippen molar-refractivity contribution in [3.05, 3.63) is 23.9 Å². The van der Waals surface area contributed by atoms with E-state index in [1.54, 1.807) is 0 Å². The highest BCUT2D eigenvalue weighted by Crippen LogP contribution is 2.38. The Bertz CT molecular complexity index is 404. The molecule has 0 aliphatic carbocycles. The van der Waals surface area contributed by atoms with Crippen LogP contribution < -0.4 is 4.90 Å². The molecule has 19 heavy (non-hydrogen) atoms. The second-order valence-corrected chi connectivity index (χ2v) is 6.98. The third-order valence-electron chi connectivity index (χ3n) is 3.79. The predicted octanol–water partition coefficient (Wildman–Crippen LogP) is 2.69. The van der Waals surface area contributed by atoms with E-state index in [1.807, 2.05) is 0 Å². The monoisotopic (exact) mass is 279 g/mol. The molecule has 4 heteroatoms. The van der Waals surface area contributed by atoms with Crippen LogP contribution in [0.2, 0.25) is 0 Å². The zero-order chi connectivity index (χ0) is 13.8. The molecule has 1 aromatic rings. The highest BCUT2D eigenvalue weighted by molar-refractivity contribution is 8.01. The summed E-state index contributed by atoms with van der Waals surface area (Å²) in [6.07, 6.45) is 1.34. The molecule has 0 spiro atoms. The summed E-state index contributed by atoms with van der Waals surface area (Å²) in [5, 5.41) is 0.773. The predicted molar refractivity (Wildman–Crippen MR) is 85.3 cm³/mol. The third kappa shape index (κ3) is 3.86. The van der Waals surface area contributed by atoms with Crippen molar-refractivity contribution in [3.8, 4) is 0 Å². The van der Waals surface area contributed by atoms with E-state index in [-0.39, 0.29) is 0 Å². The topological polar surface area (TPSA) is 19.4 Å². The minimum absolute atomic E-state index is 0.570. The molecule has 0 aromatic carbocycles. The van der Waals surface area contributed by atoms with Gasteiger partial charge in [0, 0.05) is 37.0 Å². The van der Waals surface area contributed by atoms with E-state index < -0.39 is 0 Å². The van der Waals surface area contributed by atoms with Gasteiger partial charge in [-0.05, 0) is 38.4 Å². The van der Waals surface area contributed by atoms with Crippen molar-refractivity contribution < 1.29 is 0 Å². The van der Waals surface area contributed by atoms with Crippen molar-refractivity contribution in [2.75, 3.05) is 44.9 Å². The maximum Gasteiger partial charge on any atom is 0.128 e. The molecule has 0 saturated carbocycles. The molecule has 0 radical (unpaired) electrons. The highest BCUT2D eigenvalue weighted by Gasteiger charge is 2.26. The van der Waals surface area contributed by atoms with Crippen LogP contribution in [0.5, 0.6) is 0 Å². The first-order valence-corrected chi connectivity index (χ1v) is 8.07. The van der Waals surface area contributed by atoms with Gasteiger partial charge < -0.3 is 9.80 Å². The van der Waals surface area contributed by atoms with Gasteiger partial charge >= 0.3 is 0 Å². The van der Waals surface area contributed by atoms with Crippen LogP contribution in [0.25, 0.3) is 0 Å². The first kappa shape index (κ1) is 14.7. The number of nitrogens with zero attached hydrogens (tertiary/aromatic N) is 3. The minimum atomic E-state index is 0.570. The largest absolute Gasteiger partial charge is 0.358 e. The molecule has 1 aliphatic rings. The molecule has 1 fully saturated rings. The molecule has 0 amide bonds. The normalized spacial score (nSPS) is 20.2. The van der Waals surface area contributed by atoms with Crippen molar-refractivity contribution in [2.24, 2.45) is 0 Å². The van der Waals surface area contributed by atoms with Crippen molar-refractivity contribution in [1.29, 1.82) is 0 Å². The SMILES string of the molecule is CC(c1cccc(N(C)CCN(C)C)n1)C1CCS1. The second-order valence-electron chi connectivity index (χ2n) is 5.63. The molecule has 106 valence electrons. The van der Waals surface area contributed by atoms with E-state index in [1.165, 1.54) is 17.9 Å². The molecule has 1 aromatic heterocycles. The lowest BCUT2D eigenvalue weighted by molar-refractivity contribution is 0.416. The molecule has 2 rings (SSSR count). The molecule has 2 heterocycles. The summed E-state index contributed by atoms with van der Waals surface area (Å²) >= 11 is 2.08. The zero-order valence-electron chi connectivity index (χ0n) is 12.5. The zero-order valence-corrected chi connectivity index (χ0v) is 13.3. The molecule has 0 bridgehead atoms. The van der Waals surface area contributed by atoms with Gasteiger partial charge in [-0.15, -0.1) is 0 Å². The van der Waals surface area contributed by atoms with E-state index in [2.05, 4.69) is 67.8 Å². The fourth-order valence-electron chi connectivity index (χ4n) is 2.21. The van der Waals surface area contributed by atoms with Gasteiger partial charge in [-0.25, -0.2) is 4.98 Å². The molecule has 1 saturated heterocycles. The van der Waals surface area contributed by atoms with Crippen LogP contribution in [-0.4, -0.2) is 55.1 Å². The molecule has 2 unspecified atom stereocenters. The van der Waals surface area contributed by atoms with Gasteiger partial charge in [-0.2, -0.15) is 11.8 Å². The number of pyridine rings is 1. The Kier molecular flexibility index (Phi) is 5.11. The average molecular weight is 279 g/mol. The van der Waals surface area contributed by atoms with Crippen LogP contribution in [-0.2, 0) is 0 Å². The quantitative estimate of drug-likeness (QED) is 0.797. The maximum atomic E-state index is 4.85. The van der Waals surface area contributed by atoms with Crippen LogP contribution in [0.4, 0.5) is 5.82 Å². The van der Waals surface area contributed by atoms with Gasteiger partial charge in [0.2, 0.25) is 0 Å². The summed E-state index contributed by atoms with van der Waals surface area (Å²) in [6.45, 7) is 4.37. The van der Waals surface area contributed by atoms with E-state index in [0.717, 1.165) is 24.2 Å². The first-order valence-electron chi connectivity index (χ1n) is 7.02. The van der Waals surface area contributed by atoms with Gasteiger partial charge in [0.1, 0.15) is 5.82 Å². The van der Waals surface area contributed by atoms with Crippen LogP contribution in [0, 0.1) is 0 Å². The summed E-state index contributed by atoms with van der Waals surface area (Å²) in [6, 6.07) is 6.43. The number of hydrogen-bond donors (Lipinski definition) is 0. The van der Waals surface area contributed by atoms with Gasteiger partial charge in [0.25, 0.3) is 0 Å². The van der Waals surface area contributed by atoms with Crippen molar-refractivity contribution in [3.63, 3.8) is 0 Å². The second kappa shape index (κ2) is 6.62. The molecule has 1 aliphatic heterocycles. The van der Waals surface area contributed by atoms with Crippen LogP contribution in [0.15, 0.2) is 18.2 Å². The lowest BCUT2D eigenvalue weighted by Crippen LogP contribution is -2.29. The molecular formula is C15H25N3S. The van der Waals surface area contributed by atoms with E-state index in [9.17, 15) is 0 Å². The lowest BCUT2D eigenvalue weighted by atomic mass is 10.0. The van der Waals surface area contributed by atoms with Gasteiger partial charge in [-0.3, -0.25) is 0 Å². The van der Waals surface area contributed by atoms with Crippen LogP contribution in [0.3, 0.4) is 0 Å². The number of anilines is 1. The van der Waals surface area contributed by atoms with E-state index in [0.29, 0.717) is 5.92 Å². The minimum Gasteiger partial charge on any atom is -0.358 e. The summed E-state index contributed by atoms with van der Waals surface area (Å²) in [5.41, 5.74) is 1.24. The Hall–Kier alpha value is -0.740. The molecule has 0 N–H and O–H groups in total. The van der Waals surface area contributed by atoms with Gasteiger partial charge in [-0.1, -0.05) is 13.0 Å². The molecular weight excluding hydrogens is 254 g/mol. The first-order chi connectivity index (χ1) is 9.08. The van der Waals surface area contributed by atoms with Crippen LogP contribution in [0.1, 0.15) is 25.0 Å². The standard InChI is InChI=1S/C15H25N3S/c1-12(14-8-11-19-14)13-6-5-7-15(16-13)18(4)10-9-17(2)3/h5-7,12,14H,8-11H2,1-4H3. The smallest absolute Gasteiger partial charge is 0.128 e. The number of thioether (sulfide) groups is 1. The Morgan fingerprint density at radius 1 is 1.32 bits per heavy atom. The summed E-state index contributed by atoms with van der Waals surface area (Å²) < 4.78 is 0. The van der Waals surface area contributed by atoms with E-state index >= 15 is 0 Å². The van der Waals surface area contributed by atoms with Crippen molar-refractivity contribution >= 4 is 17.6 Å². The molecule has 2 atom stereocenters. The fourth-order valence-corrected chi connectivity index (χ4v) is 3.15. The number of hydrogen-bond acceptors (Lipinski definition) is 4. The average Bonchev–Trinajstić information content (AvgIpc) is 2.34. The summed E-state index contributed by atoms with van der Waals surface area (Å²) in [5.74, 6) is 2.98. The maximum absolute atomic E-state index is 4.85. The number of rotatable bonds is 6. The van der Waals surface area contributed by atoms with Crippen molar-refractivity contribution in [2.45, 2.75) is 24.5 Å². The van der Waals surface area contributed by atoms with Gasteiger partial charge in [0.15, 0.2) is 0 Å². The molecule has 3 nitrogen and oxygen atoms in total. The Labute approximate surface area is 121 Å². The fraction of sp³-hybridized carbons (Fsp3) is 0.667. The highest BCUT2D eigenvalue weighted by atomic mass is 32.2. The van der Waals surface area contributed by atoms with E-state index in [4.69, 9.17) is 4.98 Å². The Morgan fingerprint density at radius 2 is 2.05 bits per heavy atom. The van der Waals surface area contributed by atoms with Crippen LogP contribution >= 0.6 is 11.8 Å². The lowest BCUT2D eigenvalue weighted by Gasteiger charge is -2.31. The Morgan fingerprint density at radius 3 is 2.63 bits per heavy atom. The third-order valence-corrected chi connectivity index (χ3v) is 5.33. The van der Waals surface area contributed by atoms with Crippen molar-refractivity contribution in [1.82, 2.24) is 9.88 Å². The Balaban J connectivity index is 2.01. The summed E-state index contributed by atoms with van der Waals surface area (Å²) in [7, 11) is 6.33. The number of aromatic nitrogens is 1. The summed E-state index contributed by atoms with van der Waals surface area (Å²) in [4.78, 5) is 9.29. The number of likely N-dealkylation sites (N-methyl/N-ethyl adjacent to an activating group) is 2.